The molecule has 2 aromatic rings. The van der Waals surface area contributed by atoms with E-state index in [2.05, 4.69) is 9.97 Å². The van der Waals surface area contributed by atoms with Crippen LogP contribution in [0.25, 0.3) is 0 Å². The van der Waals surface area contributed by atoms with Gasteiger partial charge in [0.1, 0.15) is 24.1 Å². The summed E-state index contributed by atoms with van der Waals surface area (Å²) in [5, 5.41) is 11.2. The molecule has 1 amide bonds. The lowest BCUT2D eigenvalue weighted by molar-refractivity contribution is -0.142. The lowest BCUT2D eigenvalue weighted by atomic mass is 10.0. The van der Waals surface area contributed by atoms with E-state index in [0.717, 1.165) is 5.69 Å². The van der Waals surface area contributed by atoms with E-state index in [1.165, 1.54) is 22.6 Å². The molecule has 0 radical (unpaired) electrons. The lowest BCUT2D eigenvalue weighted by Crippen LogP contribution is -2.48. The topological polar surface area (TPSA) is 105 Å². The number of hydrogen-bond donors (Lipinski definition) is 2. The highest BCUT2D eigenvalue weighted by molar-refractivity contribution is 7.12. The van der Waals surface area contributed by atoms with Gasteiger partial charge < -0.3 is 24.5 Å². The van der Waals surface area contributed by atoms with Crippen LogP contribution in [0.3, 0.4) is 0 Å². The van der Waals surface area contributed by atoms with Crippen molar-refractivity contribution in [2.24, 2.45) is 0 Å². The van der Waals surface area contributed by atoms with Crippen molar-refractivity contribution in [1.82, 2.24) is 14.9 Å². The summed E-state index contributed by atoms with van der Waals surface area (Å²) in [5.41, 5.74) is 1.45. The number of carbonyl (C=O) groups is 2. The van der Waals surface area contributed by atoms with Crippen molar-refractivity contribution in [2.45, 2.75) is 19.0 Å². The van der Waals surface area contributed by atoms with Gasteiger partial charge in [0, 0.05) is 11.8 Å². The Morgan fingerprint density at radius 3 is 3.04 bits per heavy atom. The molecule has 0 spiro atoms. The largest absolute Gasteiger partial charge is 0.485 e. The normalized spacial score (nSPS) is 19.3. The van der Waals surface area contributed by atoms with E-state index in [1.807, 2.05) is 0 Å². The van der Waals surface area contributed by atoms with Crippen molar-refractivity contribution in [3.05, 3.63) is 28.0 Å². The van der Waals surface area contributed by atoms with Gasteiger partial charge in [-0.2, -0.15) is 0 Å². The fourth-order valence-corrected chi connectivity index (χ4v) is 3.70. The number of aromatic nitrogens is 2. The minimum Gasteiger partial charge on any atom is -0.485 e. The van der Waals surface area contributed by atoms with Gasteiger partial charge in [-0.3, -0.25) is 4.79 Å². The molecule has 2 N–H and O–H groups in total. The molecule has 0 saturated heterocycles. The van der Waals surface area contributed by atoms with Gasteiger partial charge in [0.15, 0.2) is 11.5 Å². The second kappa shape index (κ2) is 5.27. The molecule has 0 aliphatic carbocycles. The maximum Gasteiger partial charge on any atom is 0.326 e. The molecule has 8 nitrogen and oxygen atoms in total. The van der Waals surface area contributed by atoms with Crippen LogP contribution >= 0.6 is 11.3 Å². The van der Waals surface area contributed by atoms with Gasteiger partial charge in [-0.1, -0.05) is 0 Å². The molecular formula is C14H13N3O5S. The monoisotopic (exact) mass is 335 g/mol. The number of fused-ring (bicyclic) bond motifs is 2. The van der Waals surface area contributed by atoms with Gasteiger partial charge >= 0.3 is 5.97 Å². The predicted molar refractivity (Wildman–Crippen MR) is 78.9 cm³/mol. The molecule has 0 bridgehead atoms. The third kappa shape index (κ3) is 2.24. The molecule has 0 unspecified atom stereocenters. The molecule has 2 aliphatic rings. The third-order valence-electron chi connectivity index (χ3n) is 3.94. The van der Waals surface area contributed by atoms with Crippen LogP contribution in [0, 0.1) is 0 Å². The first kappa shape index (κ1) is 14.1. The van der Waals surface area contributed by atoms with Gasteiger partial charge in [-0.25, -0.2) is 9.78 Å². The fourth-order valence-electron chi connectivity index (χ4n) is 2.81. The van der Waals surface area contributed by atoms with Crippen molar-refractivity contribution < 1.29 is 24.2 Å². The number of H-pyrrole nitrogens is 1. The molecule has 0 saturated carbocycles. The molecular weight excluding hydrogens is 322 g/mol. The zero-order valence-electron chi connectivity index (χ0n) is 11.9. The lowest BCUT2D eigenvalue weighted by Gasteiger charge is -2.32. The zero-order valence-corrected chi connectivity index (χ0v) is 12.8. The van der Waals surface area contributed by atoms with Crippen molar-refractivity contribution >= 4 is 23.2 Å². The van der Waals surface area contributed by atoms with Crippen LogP contribution in [0.4, 0.5) is 0 Å². The van der Waals surface area contributed by atoms with Crippen molar-refractivity contribution in [3.63, 3.8) is 0 Å². The second-order valence-electron chi connectivity index (χ2n) is 5.27. The first-order valence-corrected chi connectivity index (χ1v) is 7.95. The number of amides is 1. The molecule has 4 heterocycles. The molecule has 120 valence electrons. The number of carboxylic acid groups (broad SMARTS) is 1. The summed E-state index contributed by atoms with van der Waals surface area (Å²) < 4.78 is 11.0. The van der Waals surface area contributed by atoms with Gasteiger partial charge in [0.25, 0.3) is 5.91 Å². The number of aliphatic carboxylic acids is 1. The zero-order chi connectivity index (χ0) is 16.0. The Bertz CT molecular complexity index is 783. The minimum atomic E-state index is -1.05. The van der Waals surface area contributed by atoms with Crippen LogP contribution < -0.4 is 9.47 Å². The smallest absolute Gasteiger partial charge is 0.326 e. The quantitative estimate of drug-likeness (QED) is 0.845. The van der Waals surface area contributed by atoms with E-state index in [9.17, 15) is 14.7 Å². The molecule has 2 aromatic heterocycles. The Morgan fingerprint density at radius 1 is 1.39 bits per heavy atom. The van der Waals surface area contributed by atoms with E-state index < -0.39 is 12.0 Å². The van der Waals surface area contributed by atoms with E-state index in [-0.39, 0.29) is 18.9 Å². The summed E-state index contributed by atoms with van der Waals surface area (Å²) in [4.78, 5) is 33.2. The molecule has 9 heteroatoms. The first-order chi connectivity index (χ1) is 11.1. The summed E-state index contributed by atoms with van der Waals surface area (Å²) in [6.07, 6.45) is 1.70. The number of carboxylic acids is 1. The number of carbonyl (C=O) groups excluding carboxylic acids is 1. The van der Waals surface area contributed by atoms with Gasteiger partial charge in [-0.15, -0.1) is 11.3 Å². The van der Waals surface area contributed by atoms with E-state index >= 15 is 0 Å². The Hall–Kier alpha value is -2.55. The summed E-state index contributed by atoms with van der Waals surface area (Å²) in [5.74, 6) is -0.467. The number of imidazole rings is 1. The van der Waals surface area contributed by atoms with Crippen LogP contribution in [-0.4, -0.2) is 51.1 Å². The van der Waals surface area contributed by atoms with E-state index in [1.54, 1.807) is 5.38 Å². The van der Waals surface area contributed by atoms with Crippen molar-refractivity contribution in [3.8, 4) is 11.5 Å². The second-order valence-corrected chi connectivity index (χ2v) is 6.15. The highest BCUT2D eigenvalue weighted by Crippen LogP contribution is 2.40. The Labute approximate surface area is 134 Å². The molecule has 1 atom stereocenters. The van der Waals surface area contributed by atoms with Crippen LogP contribution in [0.2, 0.25) is 0 Å². The maximum absolute atomic E-state index is 12.9. The molecule has 4 rings (SSSR count). The fraction of sp³-hybridized carbons (Fsp3) is 0.357. The Morgan fingerprint density at radius 2 is 2.22 bits per heavy atom. The van der Waals surface area contributed by atoms with Gasteiger partial charge in [0.2, 0.25) is 0 Å². The summed E-state index contributed by atoms with van der Waals surface area (Å²) >= 11 is 1.20. The number of nitrogens with zero attached hydrogens (tertiary/aromatic N) is 2. The highest BCUT2D eigenvalue weighted by atomic mass is 32.1. The number of nitrogens with one attached hydrogen (secondary N) is 1. The van der Waals surface area contributed by atoms with Crippen LogP contribution in [0.15, 0.2) is 11.7 Å². The minimum absolute atomic E-state index is 0.179. The number of thiophene rings is 1. The standard InChI is InChI=1S/C14H13N3O5S/c18-13(12-11-10(5-23-12)21-1-2-22-11)17-4-8-7(15-6-16-8)3-9(17)14(19)20/h5-6,9H,1-4H2,(H,15,16)(H,19,20)/t9-/m0/s1. The van der Waals surface area contributed by atoms with E-state index in [0.29, 0.717) is 35.3 Å². The summed E-state index contributed by atoms with van der Waals surface area (Å²) in [6, 6.07) is -0.944. The molecule has 23 heavy (non-hydrogen) atoms. The van der Waals surface area contributed by atoms with E-state index in [4.69, 9.17) is 9.47 Å². The number of aromatic amines is 1. The predicted octanol–water partition coefficient (Wildman–Crippen LogP) is 0.894. The number of hydrogen-bond acceptors (Lipinski definition) is 6. The highest BCUT2D eigenvalue weighted by Gasteiger charge is 2.38. The number of rotatable bonds is 2. The van der Waals surface area contributed by atoms with Crippen LogP contribution in [-0.2, 0) is 17.8 Å². The Balaban J connectivity index is 1.69. The van der Waals surface area contributed by atoms with Crippen LogP contribution in [0.5, 0.6) is 11.5 Å². The van der Waals surface area contributed by atoms with Gasteiger partial charge in [0.05, 0.1) is 24.3 Å². The number of ether oxygens (including phenoxy) is 2. The maximum atomic E-state index is 12.9. The SMILES string of the molecule is O=C(O)[C@@H]1Cc2nc[nH]c2CN1C(=O)c1scc2c1OCCO2. The average molecular weight is 335 g/mol. The van der Waals surface area contributed by atoms with Gasteiger partial charge in [-0.05, 0) is 0 Å². The van der Waals surface area contributed by atoms with Crippen molar-refractivity contribution in [1.29, 1.82) is 0 Å². The van der Waals surface area contributed by atoms with Crippen LogP contribution in [0.1, 0.15) is 21.1 Å². The average Bonchev–Trinajstić information content (AvgIpc) is 3.19. The molecule has 0 fully saturated rings. The Kier molecular flexibility index (Phi) is 3.22. The van der Waals surface area contributed by atoms with Crippen molar-refractivity contribution in [2.75, 3.05) is 13.2 Å². The first-order valence-electron chi connectivity index (χ1n) is 7.07. The summed E-state index contributed by atoms with van der Waals surface area (Å²) in [7, 11) is 0. The molecule has 2 aliphatic heterocycles. The summed E-state index contributed by atoms with van der Waals surface area (Å²) in [6.45, 7) is 0.992. The molecule has 0 aromatic carbocycles. The third-order valence-corrected chi connectivity index (χ3v) is 4.87.